The van der Waals surface area contributed by atoms with E-state index in [4.69, 9.17) is 9.84 Å². The van der Waals surface area contributed by atoms with Crippen LogP contribution < -0.4 is 0 Å². The molecule has 0 aliphatic carbocycles. The van der Waals surface area contributed by atoms with Crippen LogP contribution in [0.3, 0.4) is 0 Å². The van der Waals surface area contributed by atoms with E-state index in [0.29, 0.717) is 6.54 Å². The highest BCUT2D eigenvalue weighted by molar-refractivity contribution is 5.50. The van der Waals surface area contributed by atoms with Crippen LogP contribution in [0.25, 0.3) is 0 Å². The Morgan fingerprint density at radius 2 is 1.86 bits per heavy atom. The zero-order chi connectivity index (χ0) is 17.3. The normalized spacial score (nSPS) is 16.5. The molecule has 4 nitrogen and oxygen atoms in total. The topological polar surface area (TPSA) is 49.8 Å². The minimum Gasteiger partial charge on any atom is -0.400 e. The maximum Gasteiger partial charge on any atom is 0.210 e. The molecule has 1 heterocycles. The predicted molar refractivity (Wildman–Crippen MR) is 86.1 cm³/mol. The molecule has 0 radical (unpaired) electrons. The van der Waals surface area contributed by atoms with Gasteiger partial charge in [0.2, 0.25) is 6.41 Å². The van der Waals surface area contributed by atoms with E-state index in [2.05, 4.69) is 0 Å². The Hall–Kier alpha value is -1.46. The third-order valence-corrected chi connectivity index (χ3v) is 3.35. The smallest absolute Gasteiger partial charge is 0.210 e. The number of methoxy groups -OCH3 is 1. The molecule has 126 valence electrons. The van der Waals surface area contributed by atoms with Crippen LogP contribution in [0.5, 0.6) is 0 Å². The molecule has 1 unspecified atom stereocenters. The van der Waals surface area contributed by atoms with Gasteiger partial charge in [-0.05, 0) is 57.4 Å². The largest absolute Gasteiger partial charge is 0.400 e. The summed E-state index contributed by atoms with van der Waals surface area (Å²) in [5, 5.41) is 7.00. The lowest BCUT2D eigenvalue weighted by atomic mass is 9.95. The average Bonchev–Trinajstić information content (AvgIpc) is 2.49. The summed E-state index contributed by atoms with van der Waals surface area (Å²) in [6.45, 7) is 8.59. The number of aliphatic hydroxyl groups is 1. The molecule has 0 aromatic heterocycles. The number of aliphatic hydroxyl groups excluding tert-OH is 1. The van der Waals surface area contributed by atoms with Crippen molar-refractivity contribution in [2.24, 2.45) is 0 Å². The molecule has 1 aromatic carbocycles. The zero-order valence-corrected chi connectivity index (χ0v) is 14.4. The van der Waals surface area contributed by atoms with Gasteiger partial charge in [0.1, 0.15) is 5.82 Å². The van der Waals surface area contributed by atoms with Crippen molar-refractivity contribution < 1.29 is 19.0 Å². The lowest BCUT2D eigenvalue weighted by Gasteiger charge is -2.31. The van der Waals surface area contributed by atoms with Crippen molar-refractivity contribution in [2.75, 3.05) is 14.2 Å². The molecule has 5 heteroatoms. The van der Waals surface area contributed by atoms with Crippen LogP contribution in [0.2, 0.25) is 0 Å². The molecule has 1 N–H and O–H groups in total. The first-order valence-corrected chi connectivity index (χ1v) is 7.25. The highest BCUT2D eigenvalue weighted by Crippen LogP contribution is 2.22. The van der Waals surface area contributed by atoms with E-state index in [9.17, 15) is 9.18 Å². The molecule has 22 heavy (non-hydrogen) atoms. The number of ether oxygens (including phenoxy) is 1. The molecule has 0 spiro atoms. The van der Waals surface area contributed by atoms with Crippen LogP contribution in [-0.4, -0.2) is 42.3 Å². The molecule has 0 saturated carbocycles. The fraction of sp³-hybridized carbons (Fsp3) is 0.588. The van der Waals surface area contributed by atoms with Gasteiger partial charge in [0.15, 0.2) is 0 Å². The molecule has 1 amide bonds. The van der Waals surface area contributed by atoms with Crippen molar-refractivity contribution in [1.82, 2.24) is 4.90 Å². The lowest BCUT2D eigenvalue weighted by molar-refractivity contribution is -0.120. The number of hydrogen-bond donors (Lipinski definition) is 1. The predicted octanol–water partition coefficient (Wildman–Crippen LogP) is 2.77. The second-order valence-corrected chi connectivity index (χ2v) is 6.06. The fourth-order valence-electron chi connectivity index (χ4n) is 1.87. The summed E-state index contributed by atoms with van der Waals surface area (Å²) in [4.78, 5) is 12.4. The first-order valence-electron chi connectivity index (χ1n) is 7.25. The number of rotatable bonds is 1. The van der Waals surface area contributed by atoms with E-state index < -0.39 is 0 Å². The van der Waals surface area contributed by atoms with Crippen LogP contribution in [-0.2, 0) is 22.5 Å². The molecule has 2 rings (SSSR count). The van der Waals surface area contributed by atoms with E-state index in [-0.39, 0.29) is 17.5 Å². The highest BCUT2D eigenvalue weighted by Gasteiger charge is 2.21. The Morgan fingerprint density at radius 1 is 1.32 bits per heavy atom. The number of fused-ring (bicyclic) bond motifs is 1. The van der Waals surface area contributed by atoms with Crippen LogP contribution >= 0.6 is 0 Å². The Labute approximate surface area is 132 Å². The molecule has 1 aliphatic rings. The summed E-state index contributed by atoms with van der Waals surface area (Å²) in [5.74, 6) is -0.232. The lowest BCUT2D eigenvalue weighted by Crippen LogP contribution is -2.37. The third kappa shape index (κ3) is 7.00. The van der Waals surface area contributed by atoms with E-state index in [1.54, 1.807) is 12.0 Å². The van der Waals surface area contributed by atoms with Crippen molar-refractivity contribution in [2.45, 2.75) is 52.3 Å². The number of hydrogen-bond acceptors (Lipinski definition) is 3. The van der Waals surface area contributed by atoms with Gasteiger partial charge in [0, 0.05) is 26.8 Å². The number of amides is 1. The third-order valence-electron chi connectivity index (χ3n) is 3.35. The number of carbonyl (C=O) groups is 1. The van der Waals surface area contributed by atoms with Crippen LogP contribution in [0.1, 0.15) is 38.8 Å². The van der Waals surface area contributed by atoms with Gasteiger partial charge >= 0.3 is 0 Å². The Bertz CT molecular complexity index is 458. The monoisotopic (exact) mass is 313 g/mol. The van der Waals surface area contributed by atoms with E-state index in [1.165, 1.54) is 12.1 Å². The molecular weight excluding hydrogens is 285 g/mol. The van der Waals surface area contributed by atoms with Crippen molar-refractivity contribution in [3.05, 3.63) is 35.1 Å². The Balaban J connectivity index is 0.000000470. The first kappa shape index (κ1) is 20.5. The number of nitrogens with zero attached hydrogens (tertiary/aromatic N) is 1. The van der Waals surface area contributed by atoms with E-state index >= 15 is 0 Å². The molecule has 1 aromatic rings. The second kappa shape index (κ2) is 9.54. The van der Waals surface area contributed by atoms with Crippen LogP contribution in [0.4, 0.5) is 4.39 Å². The molecule has 1 aliphatic heterocycles. The average molecular weight is 313 g/mol. The highest BCUT2D eigenvalue weighted by atomic mass is 19.1. The summed E-state index contributed by atoms with van der Waals surface area (Å²) in [6, 6.07) is 5.01. The summed E-state index contributed by atoms with van der Waals surface area (Å²) in [7, 11) is 2.71. The summed E-state index contributed by atoms with van der Waals surface area (Å²) in [6.07, 6.45) is 1.65. The van der Waals surface area contributed by atoms with E-state index in [0.717, 1.165) is 31.1 Å². The minimum atomic E-state index is -0.232. The van der Waals surface area contributed by atoms with Gasteiger partial charge in [-0.2, -0.15) is 0 Å². The van der Waals surface area contributed by atoms with Gasteiger partial charge in [-0.1, -0.05) is 6.07 Å². The summed E-state index contributed by atoms with van der Waals surface area (Å²) in [5.41, 5.74) is 2.12. The van der Waals surface area contributed by atoms with E-state index in [1.807, 2.05) is 33.8 Å². The number of halogens is 1. The van der Waals surface area contributed by atoms with Gasteiger partial charge in [-0.3, -0.25) is 4.79 Å². The standard InChI is InChI=1S/C11H12FNO.C5H12O.CH4O/c1-8-4-9-2-3-11(12)5-10(9)6-13(8)7-14;1-5(2,3)6-4;1-2/h2-3,5,7-8H,4,6H2,1H3;1-4H3;2H,1H3. The second-order valence-electron chi connectivity index (χ2n) is 6.06. The van der Waals surface area contributed by atoms with Gasteiger partial charge in [0.05, 0.1) is 5.60 Å². The van der Waals surface area contributed by atoms with Gasteiger partial charge < -0.3 is 14.7 Å². The maximum atomic E-state index is 12.9. The number of carbonyl (C=O) groups excluding carboxylic acids is 1. The molecule has 0 fully saturated rings. The van der Waals surface area contributed by atoms with Crippen molar-refractivity contribution >= 4 is 6.41 Å². The number of benzene rings is 1. The summed E-state index contributed by atoms with van der Waals surface area (Å²) < 4.78 is 17.9. The Kier molecular flexibility index (Phi) is 8.90. The van der Waals surface area contributed by atoms with Crippen molar-refractivity contribution in [1.29, 1.82) is 0 Å². The molecule has 0 bridgehead atoms. The Morgan fingerprint density at radius 3 is 2.32 bits per heavy atom. The maximum absolute atomic E-state index is 12.9. The minimum absolute atomic E-state index is 0.0417. The molecular formula is C17H28FNO3. The van der Waals surface area contributed by atoms with Crippen LogP contribution in [0, 0.1) is 5.82 Å². The molecule has 1 atom stereocenters. The van der Waals surface area contributed by atoms with Crippen molar-refractivity contribution in [3.63, 3.8) is 0 Å². The fourth-order valence-corrected chi connectivity index (χ4v) is 1.87. The summed E-state index contributed by atoms with van der Waals surface area (Å²) >= 11 is 0. The zero-order valence-electron chi connectivity index (χ0n) is 14.4. The quantitative estimate of drug-likeness (QED) is 0.811. The van der Waals surface area contributed by atoms with Gasteiger partial charge in [-0.15, -0.1) is 0 Å². The van der Waals surface area contributed by atoms with Crippen LogP contribution in [0.15, 0.2) is 18.2 Å². The molecule has 0 saturated heterocycles. The first-order chi connectivity index (χ1) is 10.3. The van der Waals surface area contributed by atoms with Crippen molar-refractivity contribution in [3.8, 4) is 0 Å². The SMILES string of the molecule is CC1Cc2ccc(F)cc2CN1C=O.CO.COC(C)(C)C. The van der Waals surface area contributed by atoms with Gasteiger partial charge in [-0.25, -0.2) is 4.39 Å². The van der Waals surface area contributed by atoms with Gasteiger partial charge in [0.25, 0.3) is 0 Å².